The number of benzene rings is 1. The molecule has 1 aromatic heterocycles. The smallest absolute Gasteiger partial charge is 0.308 e. The van der Waals surface area contributed by atoms with Gasteiger partial charge in [-0.3, -0.25) is 9.59 Å². The maximum absolute atomic E-state index is 12.7. The van der Waals surface area contributed by atoms with Gasteiger partial charge in [-0.15, -0.1) is 0 Å². The van der Waals surface area contributed by atoms with E-state index in [-0.39, 0.29) is 11.8 Å². The predicted octanol–water partition coefficient (Wildman–Crippen LogP) is 3.80. The molecule has 26 heavy (non-hydrogen) atoms. The summed E-state index contributed by atoms with van der Waals surface area (Å²) in [7, 11) is 0. The van der Waals surface area contributed by atoms with E-state index in [1.807, 2.05) is 30.3 Å². The zero-order valence-corrected chi connectivity index (χ0v) is 14.9. The van der Waals surface area contributed by atoms with E-state index in [2.05, 4.69) is 10.3 Å². The van der Waals surface area contributed by atoms with Gasteiger partial charge in [0.2, 0.25) is 11.7 Å². The summed E-state index contributed by atoms with van der Waals surface area (Å²) in [6, 6.07) is 8.99. The zero-order valence-electron chi connectivity index (χ0n) is 14.9. The lowest BCUT2D eigenvalue weighted by Crippen LogP contribution is -2.44. The topological polar surface area (TPSA) is 92.4 Å². The van der Waals surface area contributed by atoms with Crippen molar-refractivity contribution in [2.45, 2.75) is 51.5 Å². The van der Waals surface area contributed by atoms with Gasteiger partial charge < -0.3 is 14.8 Å². The Kier molecular flexibility index (Phi) is 5.71. The van der Waals surface area contributed by atoms with Crippen LogP contribution in [0.1, 0.15) is 54.8 Å². The minimum atomic E-state index is -0.850. The Bertz CT molecular complexity index is 769. The molecule has 2 aromatic rings. The largest absolute Gasteiger partial charge is 0.481 e. The number of carbonyl (C=O) groups is 2. The van der Waals surface area contributed by atoms with Crippen LogP contribution in [0.15, 0.2) is 34.7 Å². The van der Waals surface area contributed by atoms with Crippen molar-refractivity contribution < 1.29 is 19.1 Å². The van der Waals surface area contributed by atoms with Gasteiger partial charge in [-0.05, 0) is 31.9 Å². The van der Waals surface area contributed by atoms with Gasteiger partial charge in [0.05, 0.1) is 11.6 Å². The number of carboxylic acid groups (broad SMARTS) is 1. The number of hydrogen-bond acceptors (Lipinski definition) is 4. The van der Waals surface area contributed by atoms with Crippen LogP contribution in [0.25, 0.3) is 11.5 Å². The third-order valence-corrected chi connectivity index (χ3v) is 4.92. The van der Waals surface area contributed by atoms with E-state index in [0.717, 1.165) is 31.2 Å². The van der Waals surface area contributed by atoms with Crippen molar-refractivity contribution in [1.29, 1.82) is 0 Å². The van der Waals surface area contributed by atoms with Crippen molar-refractivity contribution in [1.82, 2.24) is 10.3 Å². The molecular weight excluding hydrogens is 332 g/mol. The normalized spacial score (nSPS) is 20.8. The van der Waals surface area contributed by atoms with Gasteiger partial charge in [-0.1, -0.05) is 43.9 Å². The van der Waals surface area contributed by atoms with E-state index < -0.39 is 17.8 Å². The lowest BCUT2D eigenvalue weighted by molar-refractivity contribution is -0.143. The Hall–Kier alpha value is -2.63. The second kappa shape index (κ2) is 8.17. The van der Waals surface area contributed by atoms with Crippen LogP contribution >= 0.6 is 0 Å². The molecule has 1 aliphatic carbocycles. The molecule has 6 nitrogen and oxygen atoms in total. The van der Waals surface area contributed by atoms with Gasteiger partial charge in [0.15, 0.2) is 0 Å². The van der Waals surface area contributed by atoms with Crippen LogP contribution in [0.5, 0.6) is 0 Å². The number of aliphatic carboxylic acids is 1. The Balaban J connectivity index is 1.78. The first-order chi connectivity index (χ1) is 12.6. The highest BCUT2D eigenvalue weighted by Crippen LogP contribution is 2.25. The number of nitrogens with zero attached hydrogens (tertiary/aromatic N) is 1. The Morgan fingerprint density at radius 1 is 1.12 bits per heavy atom. The lowest BCUT2D eigenvalue weighted by atomic mass is 9.86. The summed E-state index contributed by atoms with van der Waals surface area (Å²) >= 11 is 0. The second-order valence-electron chi connectivity index (χ2n) is 6.82. The zero-order chi connectivity index (χ0) is 18.5. The number of rotatable bonds is 4. The molecule has 3 rings (SSSR count). The lowest BCUT2D eigenvalue weighted by Gasteiger charge is -2.26. The Morgan fingerprint density at radius 2 is 1.81 bits per heavy atom. The predicted molar refractivity (Wildman–Crippen MR) is 96.8 cm³/mol. The molecule has 6 heteroatoms. The van der Waals surface area contributed by atoms with Crippen LogP contribution in [0, 0.1) is 12.8 Å². The van der Waals surface area contributed by atoms with Crippen molar-refractivity contribution in [3.63, 3.8) is 0 Å². The third kappa shape index (κ3) is 4.12. The monoisotopic (exact) mass is 356 g/mol. The summed E-state index contributed by atoms with van der Waals surface area (Å²) in [6.45, 7) is 1.72. The maximum Gasteiger partial charge on any atom is 0.308 e. The van der Waals surface area contributed by atoms with Crippen molar-refractivity contribution >= 4 is 11.9 Å². The number of hydrogen-bond donors (Lipinski definition) is 2. The van der Waals surface area contributed by atoms with Crippen LogP contribution in [0.2, 0.25) is 0 Å². The first-order valence-electron chi connectivity index (χ1n) is 9.13. The summed E-state index contributed by atoms with van der Waals surface area (Å²) in [5.74, 6) is -1.27. The van der Waals surface area contributed by atoms with Crippen LogP contribution < -0.4 is 5.32 Å². The van der Waals surface area contributed by atoms with Gasteiger partial charge in [-0.25, -0.2) is 4.98 Å². The molecule has 0 bridgehead atoms. The Morgan fingerprint density at radius 3 is 2.50 bits per heavy atom. The van der Waals surface area contributed by atoms with Gasteiger partial charge in [0.1, 0.15) is 0 Å². The van der Waals surface area contributed by atoms with Crippen LogP contribution in [0.4, 0.5) is 0 Å². The quantitative estimate of drug-likeness (QED) is 0.869. The number of aromatic nitrogens is 1. The minimum Gasteiger partial charge on any atom is -0.481 e. The summed E-state index contributed by atoms with van der Waals surface area (Å²) in [4.78, 5) is 28.7. The van der Waals surface area contributed by atoms with Crippen molar-refractivity contribution in [2.75, 3.05) is 0 Å². The van der Waals surface area contributed by atoms with E-state index in [1.54, 1.807) is 6.92 Å². The average molecular weight is 356 g/mol. The SMILES string of the molecule is Cc1nc(-c2ccccc2)oc1C(=O)NC1CCCCCCC1C(=O)O. The standard InChI is InChI=1S/C20H24N2O4/c1-13-17(26-19(21-13)14-9-5-4-6-10-14)18(23)22-16-12-8-3-2-7-11-15(16)20(24)25/h4-6,9-10,15-16H,2-3,7-8,11-12H2,1H3,(H,22,23)(H,24,25). The second-order valence-corrected chi connectivity index (χ2v) is 6.82. The molecule has 0 radical (unpaired) electrons. The number of oxazole rings is 1. The van der Waals surface area contributed by atoms with Crippen LogP contribution in [0.3, 0.4) is 0 Å². The van der Waals surface area contributed by atoms with Gasteiger partial charge in [-0.2, -0.15) is 0 Å². The van der Waals surface area contributed by atoms with E-state index >= 15 is 0 Å². The van der Waals surface area contributed by atoms with Crippen LogP contribution in [-0.4, -0.2) is 28.0 Å². The highest BCUT2D eigenvalue weighted by atomic mass is 16.4. The molecule has 1 aromatic carbocycles. The molecule has 2 N–H and O–H groups in total. The molecular formula is C20H24N2O4. The molecule has 0 saturated heterocycles. The van der Waals surface area contributed by atoms with Gasteiger partial charge in [0, 0.05) is 11.6 Å². The number of amides is 1. The summed E-state index contributed by atoms with van der Waals surface area (Å²) in [5, 5.41) is 12.4. The van der Waals surface area contributed by atoms with Crippen molar-refractivity contribution in [2.24, 2.45) is 5.92 Å². The average Bonchev–Trinajstić information content (AvgIpc) is 3.00. The molecule has 1 heterocycles. The first kappa shape index (κ1) is 18.2. The summed E-state index contributed by atoms with van der Waals surface area (Å²) in [5.41, 5.74) is 1.29. The number of nitrogens with one attached hydrogen (secondary N) is 1. The molecule has 2 atom stereocenters. The van der Waals surface area contributed by atoms with E-state index in [1.165, 1.54) is 0 Å². The third-order valence-electron chi connectivity index (χ3n) is 4.92. The number of carbonyl (C=O) groups excluding carboxylic acids is 1. The van der Waals surface area contributed by atoms with Crippen molar-refractivity contribution in [3.8, 4) is 11.5 Å². The molecule has 0 spiro atoms. The molecule has 1 amide bonds. The summed E-state index contributed by atoms with van der Waals surface area (Å²) in [6.07, 6.45) is 5.17. The summed E-state index contributed by atoms with van der Waals surface area (Å²) < 4.78 is 5.68. The minimum absolute atomic E-state index is 0.148. The van der Waals surface area contributed by atoms with Crippen molar-refractivity contribution in [3.05, 3.63) is 41.8 Å². The van der Waals surface area contributed by atoms with Gasteiger partial charge in [0.25, 0.3) is 5.91 Å². The molecule has 0 aliphatic heterocycles. The fourth-order valence-corrected chi connectivity index (χ4v) is 3.50. The molecule has 138 valence electrons. The molecule has 1 saturated carbocycles. The number of carboxylic acids is 1. The maximum atomic E-state index is 12.7. The first-order valence-corrected chi connectivity index (χ1v) is 9.13. The fourth-order valence-electron chi connectivity index (χ4n) is 3.50. The molecule has 1 aliphatic rings. The molecule has 2 unspecified atom stereocenters. The molecule has 1 fully saturated rings. The van der Waals surface area contributed by atoms with E-state index in [0.29, 0.717) is 24.4 Å². The highest BCUT2D eigenvalue weighted by Gasteiger charge is 2.31. The fraction of sp³-hybridized carbons (Fsp3) is 0.450. The number of aryl methyl sites for hydroxylation is 1. The highest BCUT2D eigenvalue weighted by molar-refractivity contribution is 5.93. The van der Waals surface area contributed by atoms with Crippen LogP contribution in [-0.2, 0) is 4.79 Å². The van der Waals surface area contributed by atoms with E-state index in [4.69, 9.17) is 4.42 Å². The van der Waals surface area contributed by atoms with E-state index in [9.17, 15) is 14.7 Å². The Labute approximate surface area is 152 Å². The van der Waals surface area contributed by atoms with Gasteiger partial charge >= 0.3 is 5.97 Å².